The molecule has 0 spiro atoms. The SMILES string of the molecule is CCCNCC1CCN(S(=O)(=O)NC(C)CC)CC1. The monoisotopic (exact) mass is 291 g/mol. The van der Waals surface area contributed by atoms with Crippen LogP contribution in [0.15, 0.2) is 0 Å². The summed E-state index contributed by atoms with van der Waals surface area (Å²) in [6, 6.07) is 0.00828. The van der Waals surface area contributed by atoms with Crippen LogP contribution < -0.4 is 10.0 Å². The Bertz CT molecular complexity index is 338. The Labute approximate surface area is 118 Å². The van der Waals surface area contributed by atoms with Gasteiger partial charge in [0.25, 0.3) is 10.2 Å². The minimum Gasteiger partial charge on any atom is -0.316 e. The van der Waals surface area contributed by atoms with E-state index in [9.17, 15) is 8.42 Å². The van der Waals surface area contributed by atoms with Crippen LogP contribution in [0, 0.1) is 5.92 Å². The number of rotatable bonds is 8. The molecule has 0 aromatic heterocycles. The van der Waals surface area contributed by atoms with Crippen LogP contribution in [-0.2, 0) is 10.2 Å². The number of piperidine rings is 1. The highest BCUT2D eigenvalue weighted by atomic mass is 32.2. The lowest BCUT2D eigenvalue weighted by Crippen LogP contribution is -2.48. The van der Waals surface area contributed by atoms with Crippen molar-refractivity contribution in [1.82, 2.24) is 14.3 Å². The average molecular weight is 291 g/mol. The van der Waals surface area contributed by atoms with E-state index >= 15 is 0 Å². The Balaban J connectivity index is 2.36. The van der Waals surface area contributed by atoms with Crippen molar-refractivity contribution in [2.75, 3.05) is 26.2 Å². The highest BCUT2D eigenvalue weighted by Gasteiger charge is 2.28. The second-order valence-electron chi connectivity index (χ2n) is 5.48. The smallest absolute Gasteiger partial charge is 0.279 e. The maximum absolute atomic E-state index is 12.1. The lowest BCUT2D eigenvalue weighted by molar-refractivity contribution is 0.264. The van der Waals surface area contributed by atoms with Gasteiger partial charge in [-0.15, -0.1) is 0 Å². The molecule has 0 radical (unpaired) electrons. The van der Waals surface area contributed by atoms with E-state index in [-0.39, 0.29) is 6.04 Å². The minimum atomic E-state index is -3.28. The summed E-state index contributed by atoms with van der Waals surface area (Å²) in [5.41, 5.74) is 0. The Morgan fingerprint density at radius 1 is 1.26 bits per heavy atom. The molecule has 1 heterocycles. The Kier molecular flexibility index (Phi) is 7.28. The van der Waals surface area contributed by atoms with Crippen molar-refractivity contribution in [2.24, 2.45) is 5.92 Å². The van der Waals surface area contributed by atoms with Crippen LogP contribution in [-0.4, -0.2) is 44.9 Å². The molecule has 1 atom stereocenters. The minimum absolute atomic E-state index is 0.00828. The third-order valence-electron chi connectivity index (χ3n) is 3.74. The Morgan fingerprint density at radius 2 is 1.89 bits per heavy atom. The molecular formula is C13H29N3O2S. The molecule has 2 N–H and O–H groups in total. The van der Waals surface area contributed by atoms with Crippen LogP contribution in [0.5, 0.6) is 0 Å². The topological polar surface area (TPSA) is 61.4 Å². The highest BCUT2D eigenvalue weighted by molar-refractivity contribution is 7.87. The van der Waals surface area contributed by atoms with E-state index in [2.05, 4.69) is 17.0 Å². The molecule has 0 aromatic rings. The molecule has 19 heavy (non-hydrogen) atoms. The second kappa shape index (κ2) is 8.19. The van der Waals surface area contributed by atoms with E-state index in [1.165, 1.54) is 0 Å². The van der Waals surface area contributed by atoms with E-state index in [4.69, 9.17) is 0 Å². The fraction of sp³-hybridized carbons (Fsp3) is 1.00. The molecule has 6 heteroatoms. The van der Waals surface area contributed by atoms with E-state index < -0.39 is 10.2 Å². The van der Waals surface area contributed by atoms with Crippen LogP contribution in [0.3, 0.4) is 0 Å². The fourth-order valence-electron chi connectivity index (χ4n) is 2.25. The molecular weight excluding hydrogens is 262 g/mol. The summed E-state index contributed by atoms with van der Waals surface area (Å²) in [4.78, 5) is 0. The summed E-state index contributed by atoms with van der Waals surface area (Å²) >= 11 is 0. The maximum Gasteiger partial charge on any atom is 0.279 e. The van der Waals surface area contributed by atoms with Gasteiger partial charge >= 0.3 is 0 Å². The van der Waals surface area contributed by atoms with Gasteiger partial charge in [-0.2, -0.15) is 17.4 Å². The first-order chi connectivity index (χ1) is 8.99. The van der Waals surface area contributed by atoms with Gasteiger partial charge in [0.05, 0.1) is 0 Å². The van der Waals surface area contributed by atoms with Crippen molar-refractivity contribution in [3.8, 4) is 0 Å². The molecule has 1 unspecified atom stereocenters. The summed E-state index contributed by atoms with van der Waals surface area (Å²) in [6.07, 6.45) is 3.87. The number of nitrogens with one attached hydrogen (secondary N) is 2. The predicted molar refractivity (Wildman–Crippen MR) is 79.3 cm³/mol. The van der Waals surface area contributed by atoms with Crippen LogP contribution in [0.4, 0.5) is 0 Å². The number of hydrogen-bond acceptors (Lipinski definition) is 3. The lowest BCUT2D eigenvalue weighted by Gasteiger charge is -2.32. The van der Waals surface area contributed by atoms with Gasteiger partial charge in [0.15, 0.2) is 0 Å². The molecule has 1 fully saturated rings. The third kappa shape index (κ3) is 5.77. The first-order valence-electron chi connectivity index (χ1n) is 7.47. The first-order valence-corrected chi connectivity index (χ1v) is 8.91. The van der Waals surface area contributed by atoms with E-state index in [0.717, 1.165) is 38.8 Å². The third-order valence-corrected chi connectivity index (χ3v) is 5.48. The van der Waals surface area contributed by atoms with Gasteiger partial charge in [0, 0.05) is 19.1 Å². The zero-order chi connectivity index (χ0) is 14.3. The molecule has 0 aliphatic carbocycles. The fourth-order valence-corrected chi connectivity index (χ4v) is 3.76. The molecule has 0 bridgehead atoms. The molecule has 0 aromatic carbocycles. The maximum atomic E-state index is 12.1. The zero-order valence-electron chi connectivity index (χ0n) is 12.5. The summed E-state index contributed by atoms with van der Waals surface area (Å²) in [6.45, 7) is 9.39. The van der Waals surface area contributed by atoms with Gasteiger partial charge in [-0.25, -0.2) is 0 Å². The predicted octanol–water partition coefficient (Wildman–Crippen LogP) is 1.33. The van der Waals surface area contributed by atoms with E-state index in [0.29, 0.717) is 19.0 Å². The summed E-state index contributed by atoms with van der Waals surface area (Å²) in [7, 11) is -3.28. The molecule has 1 aliphatic rings. The lowest BCUT2D eigenvalue weighted by atomic mass is 9.98. The van der Waals surface area contributed by atoms with Crippen LogP contribution in [0.1, 0.15) is 46.5 Å². The van der Waals surface area contributed by atoms with Crippen LogP contribution in [0.2, 0.25) is 0 Å². The van der Waals surface area contributed by atoms with Gasteiger partial charge in [-0.05, 0) is 51.6 Å². The summed E-state index contributed by atoms with van der Waals surface area (Å²) < 4.78 is 28.6. The quantitative estimate of drug-likeness (QED) is 0.663. The van der Waals surface area contributed by atoms with E-state index in [1.54, 1.807) is 4.31 Å². The van der Waals surface area contributed by atoms with Crippen LogP contribution >= 0.6 is 0 Å². The van der Waals surface area contributed by atoms with Crippen molar-refractivity contribution in [1.29, 1.82) is 0 Å². The van der Waals surface area contributed by atoms with E-state index in [1.807, 2.05) is 13.8 Å². The van der Waals surface area contributed by atoms with Gasteiger partial charge in [-0.1, -0.05) is 13.8 Å². The molecule has 0 saturated carbocycles. The normalized spacial score (nSPS) is 20.6. The molecule has 5 nitrogen and oxygen atoms in total. The standard InChI is InChI=1S/C13H29N3O2S/c1-4-8-14-11-13-6-9-16(10-7-13)19(17,18)15-12(3)5-2/h12-15H,4-11H2,1-3H3. The highest BCUT2D eigenvalue weighted by Crippen LogP contribution is 2.18. The van der Waals surface area contributed by atoms with Crippen molar-refractivity contribution >= 4 is 10.2 Å². The Morgan fingerprint density at radius 3 is 2.42 bits per heavy atom. The second-order valence-corrected chi connectivity index (χ2v) is 7.18. The number of hydrogen-bond donors (Lipinski definition) is 2. The van der Waals surface area contributed by atoms with Gasteiger partial charge in [0.2, 0.25) is 0 Å². The Hall–Kier alpha value is -0.170. The molecule has 114 valence electrons. The molecule has 0 amide bonds. The summed E-state index contributed by atoms with van der Waals surface area (Å²) in [5, 5.41) is 3.42. The average Bonchev–Trinajstić information content (AvgIpc) is 2.39. The molecule has 1 rings (SSSR count). The van der Waals surface area contributed by atoms with Crippen molar-refractivity contribution < 1.29 is 8.42 Å². The summed E-state index contributed by atoms with van der Waals surface area (Å²) in [5.74, 6) is 0.613. The van der Waals surface area contributed by atoms with Crippen molar-refractivity contribution in [3.63, 3.8) is 0 Å². The number of nitrogens with zero attached hydrogens (tertiary/aromatic N) is 1. The first kappa shape index (κ1) is 16.9. The largest absolute Gasteiger partial charge is 0.316 e. The van der Waals surface area contributed by atoms with Gasteiger partial charge in [0.1, 0.15) is 0 Å². The zero-order valence-corrected chi connectivity index (χ0v) is 13.3. The van der Waals surface area contributed by atoms with Crippen LogP contribution in [0.25, 0.3) is 0 Å². The van der Waals surface area contributed by atoms with Gasteiger partial charge < -0.3 is 5.32 Å². The van der Waals surface area contributed by atoms with Gasteiger partial charge in [-0.3, -0.25) is 0 Å². The van der Waals surface area contributed by atoms with Crippen molar-refractivity contribution in [3.05, 3.63) is 0 Å². The van der Waals surface area contributed by atoms with Crippen molar-refractivity contribution in [2.45, 2.75) is 52.5 Å². The molecule has 1 saturated heterocycles. The molecule has 1 aliphatic heterocycles.